The number of nitrogens with one attached hydrogen (secondary N) is 2. The Morgan fingerprint density at radius 3 is 2.23 bits per heavy atom. The van der Waals surface area contributed by atoms with Gasteiger partial charge in [-0.25, -0.2) is 9.78 Å². The summed E-state index contributed by atoms with van der Waals surface area (Å²) < 4.78 is 48.0. The van der Waals surface area contributed by atoms with Crippen LogP contribution in [0.4, 0.5) is 30.6 Å². The Kier molecular flexibility index (Phi) is 11.4. The highest BCUT2D eigenvalue weighted by molar-refractivity contribution is 5.80. The summed E-state index contributed by atoms with van der Waals surface area (Å²) in [5, 5.41) is 13.5. The number of carboxylic acid groups (broad SMARTS) is 1. The van der Waals surface area contributed by atoms with Crippen LogP contribution < -0.4 is 29.7 Å². The van der Waals surface area contributed by atoms with Gasteiger partial charge in [0.15, 0.2) is 11.5 Å². The first-order valence-corrected chi connectivity index (χ1v) is 13.3. The third-order valence-electron chi connectivity index (χ3n) is 6.58. The lowest BCUT2D eigenvalue weighted by Crippen LogP contribution is -2.44. The Labute approximate surface area is 247 Å². The van der Waals surface area contributed by atoms with Crippen molar-refractivity contribution in [2.45, 2.75) is 32.0 Å². The molecule has 2 atom stereocenters. The first kappa shape index (κ1) is 32.8. The number of rotatable bonds is 9. The molecule has 3 aromatic rings. The van der Waals surface area contributed by atoms with E-state index in [0.29, 0.717) is 35.4 Å². The van der Waals surface area contributed by atoms with Crippen LogP contribution in [0.1, 0.15) is 31.4 Å². The number of aromatic nitrogens is 2. The normalized spacial score (nSPS) is 15.3. The SMILES string of the molecule is COc1cc(Nc2nccc(N3CCC[C@H](C(=O)N[C@H](C)c4ccccc4)C3)n2)cc(OC)c1OC.O=C(O)C(F)(F)F. The van der Waals surface area contributed by atoms with E-state index in [-0.39, 0.29) is 17.9 Å². The van der Waals surface area contributed by atoms with E-state index in [1.54, 1.807) is 39.7 Å². The summed E-state index contributed by atoms with van der Waals surface area (Å²) in [6.07, 6.45) is -1.60. The molecule has 3 N–H and O–H groups in total. The van der Waals surface area contributed by atoms with E-state index in [2.05, 4.69) is 20.5 Å². The van der Waals surface area contributed by atoms with Gasteiger partial charge in [0.1, 0.15) is 5.82 Å². The number of carbonyl (C=O) groups is 2. The summed E-state index contributed by atoms with van der Waals surface area (Å²) in [6, 6.07) is 15.4. The molecule has 1 aliphatic heterocycles. The fourth-order valence-corrected chi connectivity index (χ4v) is 4.42. The van der Waals surface area contributed by atoms with Crippen LogP contribution in [0.2, 0.25) is 0 Å². The molecular weight excluding hydrogens is 571 g/mol. The van der Waals surface area contributed by atoms with Crippen molar-refractivity contribution in [2.75, 3.05) is 44.6 Å². The first-order valence-electron chi connectivity index (χ1n) is 13.3. The highest BCUT2D eigenvalue weighted by Gasteiger charge is 2.38. The first-order chi connectivity index (χ1) is 20.5. The summed E-state index contributed by atoms with van der Waals surface area (Å²) in [5.41, 5.74) is 1.80. The van der Waals surface area contributed by atoms with Gasteiger partial charge < -0.3 is 34.9 Å². The quantitative estimate of drug-likeness (QED) is 0.307. The van der Waals surface area contributed by atoms with Crippen LogP contribution >= 0.6 is 0 Å². The number of piperidine rings is 1. The number of hydrogen-bond acceptors (Lipinski definition) is 9. The standard InChI is InChI=1S/C27H33N5O4.C2HF3O2/c1-18(19-9-6-5-7-10-19)29-26(33)20-11-8-14-32(17-20)24-12-13-28-27(31-24)30-21-15-22(34-2)25(36-4)23(16-21)35-3;3-2(4,5)1(6)7/h5-7,9-10,12-13,15-16,18,20H,8,11,14,17H2,1-4H3,(H,29,33)(H,28,30,31);(H,6,7)/t18-,20+;/m1./s1. The number of ether oxygens (including phenoxy) is 3. The number of carboxylic acids is 1. The molecule has 0 unspecified atom stereocenters. The summed E-state index contributed by atoms with van der Waals surface area (Å²) in [5.74, 6) is -0.00551. The average molecular weight is 606 g/mol. The number of carbonyl (C=O) groups excluding carboxylic acids is 1. The molecule has 0 spiro atoms. The summed E-state index contributed by atoms with van der Waals surface area (Å²) in [4.78, 5) is 33.1. The fourth-order valence-electron chi connectivity index (χ4n) is 4.42. The van der Waals surface area contributed by atoms with Crippen molar-refractivity contribution in [1.29, 1.82) is 0 Å². The van der Waals surface area contributed by atoms with Crippen LogP contribution in [-0.2, 0) is 9.59 Å². The van der Waals surface area contributed by atoms with Crippen molar-refractivity contribution in [3.63, 3.8) is 0 Å². The molecule has 2 heterocycles. The van der Waals surface area contributed by atoms with Gasteiger partial charge in [0.05, 0.1) is 33.3 Å². The second-order valence-electron chi connectivity index (χ2n) is 9.51. The number of methoxy groups -OCH3 is 3. The predicted molar refractivity (Wildman–Crippen MR) is 153 cm³/mol. The number of alkyl halides is 3. The summed E-state index contributed by atoms with van der Waals surface area (Å²) in [7, 11) is 4.71. The van der Waals surface area contributed by atoms with Crippen LogP contribution in [0.5, 0.6) is 17.2 Å². The van der Waals surface area contributed by atoms with Gasteiger partial charge in [-0.3, -0.25) is 4.79 Å². The fraction of sp³-hybridized carbons (Fsp3) is 0.379. The smallest absolute Gasteiger partial charge is 0.490 e. The molecule has 0 radical (unpaired) electrons. The van der Waals surface area contributed by atoms with Gasteiger partial charge >= 0.3 is 12.1 Å². The van der Waals surface area contributed by atoms with E-state index >= 15 is 0 Å². The van der Waals surface area contributed by atoms with Crippen molar-refractivity contribution in [2.24, 2.45) is 5.92 Å². The van der Waals surface area contributed by atoms with Crippen LogP contribution in [-0.4, -0.2) is 67.5 Å². The van der Waals surface area contributed by atoms with E-state index in [1.807, 2.05) is 43.3 Å². The van der Waals surface area contributed by atoms with Crippen molar-refractivity contribution >= 4 is 29.3 Å². The van der Waals surface area contributed by atoms with E-state index < -0.39 is 12.1 Å². The van der Waals surface area contributed by atoms with E-state index in [4.69, 9.17) is 29.1 Å². The topological polar surface area (TPSA) is 135 Å². The molecule has 1 fully saturated rings. The minimum absolute atomic E-state index is 0.0394. The van der Waals surface area contributed by atoms with Crippen LogP contribution in [0, 0.1) is 5.92 Å². The van der Waals surface area contributed by atoms with Gasteiger partial charge in [-0.15, -0.1) is 0 Å². The van der Waals surface area contributed by atoms with Crippen molar-refractivity contribution in [3.8, 4) is 17.2 Å². The predicted octanol–water partition coefficient (Wildman–Crippen LogP) is 4.97. The Balaban J connectivity index is 0.000000646. The van der Waals surface area contributed by atoms with Gasteiger partial charge in [0.25, 0.3) is 0 Å². The Hall–Kier alpha value is -4.75. The zero-order chi connectivity index (χ0) is 31.6. The molecule has 232 valence electrons. The molecule has 11 nitrogen and oxygen atoms in total. The third-order valence-corrected chi connectivity index (χ3v) is 6.58. The maximum absolute atomic E-state index is 13.0. The van der Waals surface area contributed by atoms with E-state index in [1.165, 1.54) is 0 Å². The van der Waals surface area contributed by atoms with Crippen LogP contribution in [0.25, 0.3) is 0 Å². The minimum Gasteiger partial charge on any atom is -0.493 e. The number of benzene rings is 2. The van der Waals surface area contributed by atoms with Crippen LogP contribution in [0.15, 0.2) is 54.7 Å². The minimum atomic E-state index is -5.08. The number of halogens is 3. The number of nitrogens with zero attached hydrogens (tertiary/aromatic N) is 3. The highest BCUT2D eigenvalue weighted by atomic mass is 19.4. The Morgan fingerprint density at radius 1 is 1.05 bits per heavy atom. The molecule has 1 aliphatic rings. The Morgan fingerprint density at radius 2 is 1.67 bits per heavy atom. The Bertz CT molecular complexity index is 1350. The molecule has 14 heteroatoms. The van der Waals surface area contributed by atoms with E-state index in [0.717, 1.165) is 30.8 Å². The molecule has 43 heavy (non-hydrogen) atoms. The maximum Gasteiger partial charge on any atom is 0.490 e. The monoisotopic (exact) mass is 605 g/mol. The van der Waals surface area contributed by atoms with Gasteiger partial charge in [0.2, 0.25) is 17.6 Å². The zero-order valence-corrected chi connectivity index (χ0v) is 24.1. The van der Waals surface area contributed by atoms with Gasteiger partial charge in [-0.05, 0) is 31.4 Å². The number of hydrogen-bond donors (Lipinski definition) is 3. The second-order valence-corrected chi connectivity index (χ2v) is 9.51. The van der Waals surface area contributed by atoms with Gasteiger partial charge in [-0.1, -0.05) is 30.3 Å². The molecule has 0 bridgehead atoms. The second kappa shape index (κ2) is 14.9. The lowest BCUT2D eigenvalue weighted by Gasteiger charge is -2.33. The molecular formula is C29H34F3N5O6. The molecule has 1 aromatic heterocycles. The van der Waals surface area contributed by atoms with Crippen LogP contribution in [0.3, 0.4) is 0 Å². The van der Waals surface area contributed by atoms with Crippen molar-refractivity contribution < 1.29 is 42.1 Å². The molecule has 4 rings (SSSR count). The molecule has 0 saturated carbocycles. The number of anilines is 3. The molecule has 0 aliphatic carbocycles. The zero-order valence-electron chi connectivity index (χ0n) is 24.1. The molecule has 1 saturated heterocycles. The number of amides is 1. The van der Waals surface area contributed by atoms with Crippen molar-refractivity contribution in [1.82, 2.24) is 15.3 Å². The van der Waals surface area contributed by atoms with Gasteiger partial charge in [0, 0.05) is 37.1 Å². The summed E-state index contributed by atoms with van der Waals surface area (Å²) in [6.45, 7) is 3.45. The molecule has 1 amide bonds. The average Bonchev–Trinajstić information content (AvgIpc) is 3.01. The van der Waals surface area contributed by atoms with Crippen molar-refractivity contribution in [3.05, 3.63) is 60.3 Å². The summed E-state index contributed by atoms with van der Waals surface area (Å²) >= 11 is 0. The third kappa shape index (κ3) is 9.12. The number of aliphatic carboxylic acids is 1. The lowest BCUT2D eigenvalue weighted by atomic mass is 9.96. The van der Waals surface area contributed by atoms with Gasteiger partial charge in [-0.2, -0.15) is 18.2 Å². The maximum atomic E-state index is 13.0. The highest BCUT2D eigenvalue weighted by Crippen LogP contribution is 2.40. The van der Waals surface area contributed by atoms with E-state index in [9.17, 15) is 18.0 Å². The largest absolute Gasteiger partial charge is 0.493 e. The lowest BCUT2D eigenvalue weighted by molar-refractivity contribution is -0.192. The molecule has 2 aromatic carbocycles.